The summed E-state index contributed by atoms with van der Waals surface area (Å²) in [6.07, 6.45) is 4.84. The minimum Gasteiger partial charge on any atom is -0.345 e. The van der Waals surface area contributed by atoms with Crippen molar-refractivity contribution < 1.29 is 4.79 Å². The lowest BCUT2D eigenvalue weighted by atomic mass is 10.2. The number of nitrogens with zero attached hydrogens (tertiary/aromatic N) is 4. The van der Waals surface area contributed by atoms with E-state index in [2.05, 4.69) is 18.8 Å². The van der Waals surface area contributed by atoms with Gasteiger partial charge < -0.3 is 4.90 Å². The van der Waals surface area contributed by atoms with Crippen molar-refractivity contribution in [2.45, 2.75) is 26.7 Å². The Hall–Kier alpha value is -3.41. The van der Waals surface area contributed by atoms with Crippen molar-refractivity contribution in [1.82, 2.24) is 18.9 Å². The van der Waals surface area contributed by atoms with E-state index < -0.39 is 0 Å². The van der Waals surface area contributed by atoms with Gasteiger partial charge in [0.1, 0.15) is 0 Å². The fraction of sp³-hybridized carbons (Fsp3) is 0.292. The molecule has 4 aromatic rings. The number of rotatable bonds is 6. The van der Waals surface area contributed by atoms with Crippen LogP contribution in [0.4, 0.5) is 0 Å². The van der Waals surface area contributed by atoms with E-state index in [-0.39, 0.29) is 5.69 Å². The van der Waals surface area contributed by atoms with E-state index in [9.17, 15) is 9.59 Å². The van der Waals surface area contributed by atoms with Gasteiger partial charge in [-0.15, -0.1) is 0 Å². The third-order valence-corrected chi connectivity index (χ3v) is 4.95. The van der Waals surface area contributed by atoms with Gasteiger partial charge in [-0.2, -0.15) is 0 Å². The van der Waals surface area contributed by atoms with Crippen LogP contribution in [0.1, 0.15) is 26.7 Å². The lowest BCUT2D eigenvalue weighted by Gasteiger charge is -2.13. The number of imidazole rings is 1. The van der Waals surface area contributed by atoms with Crippen LogP contribution in [0.15, 0.2) is 65.6 Å². The molecule has 0 unspecified atom stereocenters. The average molecular weight is 405 g/mol. The maximum absolute atomic E-state index is 12.5. The van der Waals surface area contributed by atoms with Crippen LogP contribution in [-0.2, 0) is 11.8 Å². The molecule has 0 N–H and O–H groups in total. The molecule has 30 heavy (non-hydrogen) atoms. The predicted octanol–water partition coefficient (Wildman–Crippen LogP) is 4.12. The third-order valence-electron chi connectivity index (χ3n) is 4.95. The van der Waals surface area contributed by atoms with Gasteiger partial charge in [-0.1, -0.05) is 56.3 Å². The number of benzene rings is 2. The lowest BCUT2D eigenvalue weighted by Crippen LogP contribution is -2.23. The molecule has 0 saturated carbocycles. The molecule has 2 aromatic carbocycles. The van der Waals surface area contributed by atoms with Crippen LogP contribution < -0.4 is 5.69 Å². The highest BCUT2D eigenvalue weighted by Crippen LogP contribution is 2.22. The summed E-state index contributed by atoms with van der Waals surface area (Å²) in [6.45, 7) is 5.95. The van der Waals surface area contributed by atoms with Gasteiger partial charge >= 0.3 is 5.69 Å². The van der Waals surface area contributed by atoms with Gasteiger partial charge in [0.25, 0.3) is 0 Å². The fourth-order valence-corrected chi connectivity index (χ4v) is 3.48. The fourth-order valence-electron chi connectivity index (χ4n) is 3.48. The summed E-state index contributed by atoms with van der Waals surface area (Å²) < 4.78 is 3.27. The molecule has 0 saturated heterocycles. The van der Waals surface area contributed by atoms with Gasteiger partial charge in [-0.3, -0.25) is 13.8 Å². The van der Waals surface area contributed by atoms with Crippen LogP contribution in [0.2, 0.25) is 0 Å². The second-order valence-electron chi connectivity index (χ2n) is 7.19. The van der Waals surface area contributed by atoms with Crippen LogP contribution in [-0.4, -0.2) is 38.4 Å². The molecule has 0 aliphatic carbocycles. The molecule has 0 aliphatic rings. The first-order valence-corrected chi connectivity index (χ1v) is 10.3. The lowest BCUT2D eigenvalue weighted by molar-refractivity contribution is -0.118. The molecule has 0 spiro atoms. The largest absolute Gasteiger partial charge is 0.345 e. The monoisotopic (exact) mass is 404 g/mol. The zero-order valence-electron chi connectivity index (χ0n) is 17.8. The summed E-state index contributed by atoms with van der Waals surface area (Å²) in [4.78, 5) is 29.2. The van der Waals surface area contributed by atoms with Gasteiger partial charge in [0.15, 0.2) is 5.65 Å². The predicted molar refractivity (Wildman–Crippen MR) is 122 cm³/mol. The molecule has 0 radical (unpaired) electrons. The van der Waals surface area contributed by atoms with Crippen molar-refractivity contribution >= 4 is 23.0 Å². The molecule has 4 rings (SSSR count). The van der Waals surface area contributed by atoms with Gasteiger partial charge in [-0.25, -0.2) is 9.78 Å². The summed E-state index contributed by atoms with van der Waals surface area (Å²) >= 11 is 0. The molecule has 0 bridgehead atoms. The smallest absolute Gasteiger partial charge is 0.334 e. The van der Waals surface area contributed by atoms with Crippen molar-refractivity contribution in [3.8, 4) is 11.3 Å². The zero-order chi connectivity index (χ0) is 21.5. The molecular formula is C24H28N4O2. The summed E-state index contributed by atoms with van der Waals surface area (Å²) in [6, 6.07) is 17.7. The Morgan fingerprint density at radius 2 is 1.60 bits per heavy atom. The van der Waals surface area contributed by atoms with Crippen LogP contribution >= 0.6 is 0 Å². The van der Waals surface area contributed by atoms with Crippen LogP contribution in [0.5, 0.6) is 0 Å². The van der Waals surface area contributed by atoms with E-state index in [1.54, 1.807) is 27.1 Å². The van der Waals surface area contributed by atoms with Crippen molar-refractivity contribution in [2.24, 2.45) is 7.05 Å². The molecule has 0 atom stereocenters. The highest BCUT2D eigenvalue weighted by molar-refractivity contribution is 5.92. The molecule has 6 nitrogen and oxygen atoms in total. The van der Waals surface area contributed by atoms with Crippen molar-refractivity contribution in [3.05, 3.63) is 71.3 Å². The quantitative estimate of drug-likeness (QED) is 0.454. The van der Waals surface area contributed by atoms with Crippen LogP contribution in [0, 0.1) is 0 Å². The Morgan fingerprint density at radius 3 is 2.23 bits per heavy atom. The van der Waals surface area contributed by atoms with Crippen LogP contribution in [0.3, 0.4) is 0 Å². The average Bonchev–Trinajstić information content (AvgIpc) is 3.24. The number of hydrogen-bond donors (Lipinski definition) is 0. The number of para-hydroxylation sites is 1. The number of aryl methyl sites for hydroxylation is 1. The highest BCUT2D eigenvalue weighted by atomic mass is 16.1. The van der Waals surface area contributed by atoms with Gasteiger partial charge in [0, 0.05) is 37.3 Å². The first kappa shape index (κ1) is 21.3. The second-order valence-corrected chi connectivity index (χ2v) is 7.19. The van der Waals surface area contributed by atoms with E-state index in [4.69, 9.17) is 0 Å². The third kappa shape index (κ3) is 4.43. The minimum absolute atomic E-state index is 0.0848. The van der Waals surface area contributed by atoms with E-state index >= 15 is 0 Å². The number of carbonyl (C=O) groups is 1. The Kier molecular flexibility index (Phi) is 7.01. The van der Waals surface area contributed by atoms with Gasteiger partial charge in [-0.05, 0) is 25.0 Å². The number of fused-ring (bicyclic) bond motifs is 3. The maximum Gasteiger partial charge on any atom is 0.334 e. The van der Waals surface area contributed by atoms with Crippen LogP contribution in [0.25, 0.3) is 27.8 Å². The number of aromatic nitrogens is 3. The SMILES string of the molecule is CCCN(C=O)CCC.Cn1c(=O)n2cc(-c3ccccc3)nc2c2ccccc21. The molecule has 2 aromatic heterocycles. The number of amides is 1. The van der Waals surface area contributed by atoms with E-state index in [1.165, 1.54) is 0 Å². The second kappa shape index (κ2) is 9.87. The van der Waals surface area contributed by atoms with E-state index in [0.29, 0.717) is 5.65 Å². The Labute approximate surface area is 176 Å². The van der Waals surface area contributed by atoms with Gasteiger partial charge in [0.2, 0.25) is 6.41 Å². The van der Waals surface area contributed by atoms with Crippen molar-refractivity contribution in [3.63, 3.8) is 0 Å². The first-order valence-electron chi connectivity index (χ1n) is 10.3. The molecule has 6 heteroatoms. The minimum atomic E-state index is -0.0848. The normalized spacial score (nSPS) is 10.6. The Bertz CT molecular complexity index is 1170. The summed E-state index contributed by atoms with van der Waals surface area (Å²) in [5, 5.41) is 0.974. The molecule has 2 heterocycles. The molecule has 0 fully saturated rings. The Morgan fingerprint density at radius 1 is 0.967 bits per heavy atom. The van der Waals surface area contributed by atoms with Crippen molar-refractivity contribution in [2.75, 3.05) is 13.1 Å². The molecular weight excluding hydrogens is 376 g/mol. The van der Waals surface area contributed by atoms with Gasteiger partial charge in [0.05, 0.1) is 11.2 Å². The summed E-state index contributed by atoms with van der Waals surface area (Å²) in [5.41, 5.74) is 3.32. The molecule has 0 aliphatic heterocycles. The Balaban J connectivity index is 0.000000244. The van der Waals surface area contributed by atoms with Crippen molar-refractivity contribution in [1.29, 1.82) is 0 Å². The molecule has 156 valence electrons. The number of hydrogen-bond acceptors (Lipinski definition) is 3. The highest BCUT2D eigenvalue weighted by Gasteiger charge is 2.12. The maximum atomic E-state index is 12.5. The summed E-state index contributed by atoms with van der Waals surface area (Å²) in [7, 11) is 1.78. The standard InChI is InChI=1S/C17H13N3O.C7H15NO/c1-19-15-10-6-5-9-13(15)16-18-14(11-20(16)17(19)21)12-7-3-2-4-8-12;1-3-5-8(7-9)6-4-2/h2-11H,1H3;7H,3-6H2,1-2H3. The topological polar surface area (TPSA) is 59.6 Å². The zero-order valence-corrected chi connectivity index (χ0v) is 17.8. The van der Waals surface area contributed by atoms with E-state index in [1.807, 2.05) is 54.6 Å². The number of carbonyl (C=O) groups excluding carboxylic acids is 1. The molecule has 1 amide bonds. The summed E-state index contributed by atoms with van der Waals surface area (Å²) in [5.74, 6) is 0. The van der Waals surface area contributed by atoms with E-state index in [0.717, 1.165) is 54.5 Å². The first-order chi connectivity index (χ1) is 14.6.